The molecule has 0 saturated heterocycles. The Morgan fingerprint density at radius 3 is 2.38 bits per heavy atom. The van der Waals surface area contributed by atoms with Crippen LogP contribution in [0.1, 0.15) is 36.7 Å². The van der Waals surface area contributed by atoms with Gasteiger partial charge in [0.15, 0.2) is 5.43 Å². The van der Waals surface area contributed by atoms with E-state index in [2.05, 4.69) is 5.32 Å². The molecular weight excluding hydrogens is 417 g/mol. The van der Waals surface area contributed by atoms with E-state index in [0.717, 1.165) is 0 Å². The van der Waals surface area contributed by atoms with Crippen molar-refractivity contribution < 1.29 is 14.7 Å². The van der Waals surface area contributed by atoms with Crippen LogP contribution >= 0.6 is 23.2 Å². The third kappa shape index (κ3) is 5.95. The maximum absolute atomic E-state index is 12.4. The molecule has 9 heteroatoms. The van der Waals surface area contributed by atoms with Gasteiger partial charge in [-0.15, -0.1) is 23.2 Å². The first-order valence-corrected chi connectivity index (χ1v) is 10.4. The highest BCUT2D eigenvalue weighted by atomic mass is 35.5. The molecule has 158 valence electrons. The van der Waals surface area contributed by atoms with Gasteiger partial charge in [0.25, 0.3) is 0 Å². The lowest BCUT2D eigenvalue weighted by Crippen LogP contribution is -2.31. The molecule has 0 aliphatic carbocycles. The predicted octanol–water partition coefficient (Wildman–Crippen LogP) is 2.05. The number of carboxylic acids is 1. The first-order chi connectivity index (χ1) is 13.8. The number of nitrogens with zero attached hydrogens (tertiary/aromatic N) is 2. The minimum atomic E-state index is -1.51. The van der Waals surface area contributed by atoms with E-state index in [0.29, 0.717) is 42.6 Å². The largest absolute Gasteiger partial charge is 0.545 e. The van der Waals surface area contributed by atoms with Crippen molar-refractivity contribution >= 4 is 51.7 Å². The van der Waals surface area contributed by atoms with E-state index < -0.39 is 11.4 Å². The molecule has 1 amide bonds. The van der Waals surface area contributed by atoms with Gasteiger partial charge in [0.1, 0.15) is 0 Å². The molecule has 29 heavy (non-hydrogen) atoms. The average Bonchev–Trinajstić information content (AvgIpc) is 2.66. The first kappa shape index (κ1) is 23.2. The lowest BCUT2D eigenvalue weighted by molar-refractivity contribution is -0.255. The smallest absolute Gasteiger partial charge is 0.225 e. The van der Waals surface area contributed by atoms with Gasteiger partial charge in [0.05, 0.1) is 17.0 Å². The predicted molar refractivity (Wildman–Crippen MR) is 114 cm³/mol. The van der Waals surface area contributed by atoms with Crippen LogP contribution in [0.5, 0.6) is 0 Å². The molecule has 0 fully saturated rings. The molecule has 0 saturated carbocycles. The molecule has 0 spiro atoms. The highest BCUT2D eigenvalue weighted by Gasteiger charge is 2.14. The number of aromatic nitrogens is 1. The summed E-state index contributed by atoms with van der Waals surface area (Å²) in [6, 6.07) is 4.68. The van der Waals surface area contributed by atoms with Crippen LogP contribution < -0.4 is 15.9 Å². The van der Waals surface area contributed by atoms with E-state index >= 15 is 0 Å². The fourth-order valence-corrected chi connectivity index (χ4v) is 3.54. The average molecular weight is 441 g/mol. The van der Waals surface area contributed by atoms with Gasteiger partial charge in [-0.1, -0.05) is 0 Å². The number of nitrogens with one attached hydrogen (secondary N) is 1. The fraction of sp³-hybridized carbons (Fsp3) is 0.450. The summed E-state index contributed by atoms with van der Waals surface area (Å²) in [5.41, 5.74) is 0.0756. The topological polar surface area (TPSA) is 94.5 Å². The molecular formula is C20H24Cl2N3O4-. The van der Waals surface area contributed by atoms with Crippen LogP contribution in [0.2, 0.25) is 0 Å². The second-order valence-electron chi connectivity index (χ2n) is 6.91. The van der Waals surface area contributed by atoms with Gasteiger partial charge in [0, 0.05) is 61.1 Å². The SMILES string of the molecule is CC(C)n1cc(C(=O)[O-])c(=O)c2ccc(NC(=O)CCN(CCCl)CCCl)cc21. The number of amides is 1. The molecule has 0 radical (unpaired) electrons. The number of aromatic carboxylic acids is 1. The van der Waals surface area contributed by atoms with Crippen LogP contribution in [0.15, 0.2) is 29.2 Å². The molecule has 0 aliphatic rings. The summed E-state index contributed by atoms with van der Waals surface area (Å²) in [5.74, 6) is -0.765. The lowest BCUT2D eigenvalue weighted by atomic mass is 10.1. The lowest BCUT2D eigenvalue weighted by Gasteiger charge is -2.20. The quantitative estimate of drug-likeness (QED) is 0.570. The van der Waals surface area contributed by atoms with Gasteiger partial charge in [-0.25, -0.2) is 0 Å². The Hall–Kier alpha value is -2.09. The van der Waals surface area contributed by atoms with E-state index in [1.807, 2.05) is 18.7 Å². The number of pyridine rings is 1. The highest BCUT2D eigenvalue weighted by molar-refractivity contribution is 6.18. The zero-order valence-electron chi connectivity index (χ0n) is 16.4. The van der Waals surface area contributed by atoms with Crippen molar-refractivity contribution in [2.75, 3.05) is 36.7 Å². The standard InChI is InChI=1S/C20H25Cl2N3O4/c1-13(2)25-12-16(20(28)29)19(27)15-4-3-14(11-17(15)25)23-18(26)5-8-24(9-6-21)10-7-22/h3-4,11-13H,5-10H2,1-2H3,(H,23,26)(H,28,29)/p-1. The van der Waals surface area contributed by atoms with Gasteiger partial charge in [-0.3, -0.25) is 9.59 Å². The minimum absolute atomic E-state index is 0.0955. The van der Waals surface area contributed by atoms with Crippen molar-refractivity contribution in [3.63, 3.8) is 0 Å². The number of alkyl halides is 2. The van der Waals surface area contributed by atoms with Crippen molar-refractivity contribution in [2.45, 2.75) is 26.3 Å². The fourth-order valence-electron chi connectivity index (χ4n) is 3.06. The number of halogens is 2. The van der Waals surface area contributed by atoms with Gasteiger partial charge in [-0.2, -0.15) is 0 Å². The second-order valence-corrected chi connectivity index (χ2v) is 7.67. The Labute approximate surface area is 179 Å². The van der Waals surface area contributed by atoms with E-state index in [1.54, 1.807) is 16.7 Å². The summed E-state index contributed by atoms with van der Waals surface area (Å²) in [4.78, 5) is 38.0. The Morgan fingerprint density at radius 2 is 1.83 bits per heavy atom. The van der Waals surface area contributed by atoms with E-state index in [-0.39, 0.29) is 29.3 Å². The number of hydrogen-bond acceptors (Lipinski definition) is 5. The Kier molecular flexibility index (Phi) is 8.49. The molecule has 1 N–H and O–H groups in total. The molecule has 1 aromatic carbocycles. The number of fused-ring (bicyclic) bond motifs is 1. The van der Waals surface area contributed by atoms with Crippen molar-refractivity contribution in [2.24, 2.45) is 0 Å². The Morgan fingerprint density at radius 1 is 1.17 bits per heavy atom. The second kappa shape index (κ2) is 10.6. The zero-order chi connectivity index (χ0) is 21.6. The summed E-state index contributed by atoms with van der Waals surface area (Å²) in [6.45, 7) is 5.58. The number of carboxylic acid groups (broad SMARTS) is 1. The molecule has 2 rings (SSSR count). The maximum Gasteiger partial charge on any atom is 0.225 e. The van der Waals surface area contributed by atoms with Gasteiger partial charge in [0.2, 0.25) is 5.91 Å². The Balaban J connectivity index is 2.25. The van der Waals surface area contributed by atoms with Crippen LogP contribution in [0.4, 0.5) is 5.69 Å². The minimum Gasteiger partial charge on any atom is -0.545 e. The normalized spacial score (nSPS) is 11.4. The molecule has 0 unspecified atom stereocenters. The van der Waals surface area contributed by atoms with E-state index in [4.69, 9.17) is 23.2 Å². The van der Waals surface area contributed by atoms with Crippen LogP contribution in [0, 0.1) is 0 Å². The van der Waals surface area contributed by atoms with Crippen molar-refractivity contribution in [1.29, 1.82) is 0 Å². The third-order valence-electron chi connectivity index (χ3n) is 4.55. The monoisotopic (exact) mass is 440 g/mol. The van der Waals surface area contributed by atoms with Crippen LogP contribution in [-0.2, 0) is 4.79 Å². The molecule has 0 aliphatic heterocycles. The van der Waals surface area contributed by atoms with E-state index in [1.165, 1.54) is 12.3 Å². The highest BCUT2D eigenvalue weighted by Crippen LogP contribution is 2.21. The molecule has 2 aromatic rings. The maximum atomic E-state index is 12.4. The van der Waals surface area contributed by atoms with Crippen LogP contribution in [0.3, 0.4) is 0 Å². The number of carbonyl (C=O) groups excluding carboxylic acids is 2. The molecule has 0 atom stereocenters. The van der Waals surface area contributed by atoms with Crippen LogP contribution in [-0.4, -0.2) is 52.7 Å². The molecule has 1 heterocycles. The molecule has 0 bridgehead atoms. The van der Waals surface area contributed by atoms with Gasteiger partial charge < -0.3 is 24.7 Å². The summed E-state index contributed by atoms with van der Waals surface area (Å²) < 4.78 is 1.68. The summed E-state index contributed by atoms with van der Waals surface area (Å²) in [5, 5.41) is 14.3. The molecule has 1 aromatic heterocycles. The van der Waals surface area contributed by atoms with Crippen molar-refractivity contribution in [3.8, 4) is 0 Å². The van der Waals surface area contributed by atoms with Crippen molar-refractivity contribution in [3.05, 3.63) is 40.2 Å². The van der Waals surface area contributed by atoms with Gasteiger partial charge in [-0.05, 0) is 32.0 Å². The third-order valence-corrected chi connectivity index (χ3v) is 4.89. The number of carbonyl (C=O) groups is 2. The summed E-state index contributed by atoms with van der Waals surface area (Å²) in [7, 11) is 0. The zero-order valence-corrected chi connectivity index (χ0v) is 17.9. The van der Waals surface area contributed by atoms with Crippen molar-refractivity contribution in [1.82, 2.24) is 9.47 Å². The number of anilines is 1. The van der Waals surface area contributed by atoms with Gasteiger partial charge >= 0.3 is 0 Å². The van der Waals surface area contributed by atoms with E-state index in [9.17, 15) is 19.5 Å². The molecule has 7 nitrogen and oxygen atoms in total. The summed E-state index contributed by atoms with van der Waals surface area (Å²) in [6.07, 6.45) is 1.55. The van der Waals surface area contributed by atoms with Crippen LogP contribution in [0.25, 0.3) is 10.9 Å². The number of hydrogen-bond donors (Lipinski definition) is 1. The Bertz CT molecular complexity index is 937. The first-order valence-electron chi connectivity index (χ1n) is 9.32. The number of benzene rings is 1. The summed E-state index contributed by atoms with van der Waals surface area (Å²) >= 11 is 11.5. The number of rotatable bonds is 10.